The van der Waals surface area contributed by atoms with E-state index >= 15 is 0 Å². The Hall–Kier alpha value is -3.65. The van der Waals surface area contributed by atoms with Gasteiger partial charge in [0, 0.05) is 12.3 Å². The van der Waals surface area contributed by atoms with E-state index in [0.717, 1.165) is 109 Å². The summed E-state index contributed by atoms with van der Waals surface area (Å²) in [5, 5.41) is 0. The van der Waals surface area contributed by atoms with Crippen molar-refractivity contribution < 1.29 is 61.9 Å². The molecule has 437 valence electrons. The molecule has 0 bridgehead atoms. The maximum atomic E-state index is 13.5. The molecule has 0 aliphatic carbocycles. The van der Waals surface area contributed by atoms with Gasteiger partial charge in [0.1, 0.15) is 0 Å². The summed E-state index contributed by atoms with van der Waals surface area (Å²) >= 11 is 0. The first-order valence-electron chi connectivity index (χ1n) is 30.4. The van der Waals surface area contributed by atoms with Crippen molar-refractivity contribution in [3.8, 4) is 0 Å². The third kappa shape index (κ3) is 43.1. The molecule has 1 radical (unpaired) electrons. The predicted molar refractivity (Wildman–Crippen MR) is 303 cm³/mol. The number of hydrogen-bond donors (Lipinski definition) is 0. The molecule has 1 saturated heterocycles. The Morgan fingerprint density at radius 2 is 0.747 bits per heavy atom. The van der Waals surface area contributed by atoms with Crippen LogP contribution in [-0.2, 0) is 57.1 Å². The van der Waals surface area contributed by atoms with Crippen LogP contribution in [0.4, 0.5) is 4.79 Å². The number of hydrogen-bond acceptors (Lipinski definition) is 13. The average Bonchev–Trinajstić information content (AvgIpc) is 3.83. The molecule has 0 aromatic rings. The predicted octanol–water partition coefficient (Wildman–Crippen LogP) is 14.5. The number of unbranched alkanes of at least 4 members (excludes halogenated alkanes) is 20. The Morgan fingerprint density at radius 3 is 1.19 bits per heavy atom. The summed E-state index contributed by atoms with van der Waals surface area (Å²) in [6.45, 7) is 18.7. The Morgan fingerprint density at radius 1 is 0.387 bits per heavy atom. The van der Waals surface area contributed by atoms with Crippen LogP contribution in [0.5, 0.6) is 0 Å². The van der Waals surface area contributed by atoms with Gasteiger partial charge in [0.05, 0.1) is 32.7 Å². The van der Waals surface area contributed by atoms with Gasteiger partial charge in [0.25, 0.3) is 0 Å². The second-order valence-electron chi connectivity index (χ2n) is 19.8. The van der Waals surface area contributed by atoms with E-state index in [2.05, 4.69) is 27.7 Å². The summed E-state index contributed by atoms with van der Waals surface area (Å²) in [6, 6.07) is -1.10. The van der Waals surface area contributed by atoms with Crippen LogP contribution in [0.3, 0.4) is 0 Å². The van der Waals surface area contributed by atoms with E-state index in [9.17, 15) is 28.8 Å². The van der Waals surface area contributed by atoms with Crippen molar-refractivity contribution in [2.45, 2.75) is 286 Å². The van der Waals surface area contributed by atoms with Gasteiger partial charge < -0.3 is 14.2 Å². The van der Waals surface area contributed by atoms with Gasteiger partial charge in [-0.3, -0.25) is 14.4 Å². The Labute approximate surface area is 458 Å². The van der Waals surface area contributed by atoms with Crippen molar-refractivity contribution in [1.82, 2.24) is 4.90 Å². The van der Waals surface area contributed by atoms with Crippen LogP contribution >= 0.6 is 0 Å². The number of amides is 1. The third-order valence-corrected chi connectivity index (χ3v) is 13.0. The summed E-state index contributed by atoms with van der Waals surface area (Å²) in [4.78, 5) is 80.0. The molecule has 4 atom stereocenters. The number of esters is 5. The number of nitrogens with zero attached hydrogens (tertiary/aromatic N) is 1. The fraction of sp³-hybridized carbons (Fsp3) is 0.883. The molecular weight excluding hydrogens is 953 g/mol. The van der Waals surface area contributed by atoms with Gasteiger partial charge in [-0.05, 0) is 19.3 Å². The normalized spacial score (nSPS) is 14.5. The molecule has 1 heterocycles. The minimum atomic E-state index is -0.651. The number of carbonyl (C=O) groups is 6. The molecule has 1 rings (SSSR count). The van der Waals surface area contributed by atoms with Gasteiger partial charge in [-0.15, -0.1) is 0 Å². The summed E-state index contributed by atoms with van der Waals surface area (Å²) < 4.78 is 39.6. The molecule has 0 N–H and O–H groups in total. The molecule has 0 saturated carbocycles. The molecule has 75 heavy (non-hydrogen) atoms. The third-order valence-electron chi connectivity index (χ3n) is 13.0. The van der Waals surface area contributed by atoms with Crippen LogP contribution in [0.25, 0.3) is 0 Å². The van der Waals surface area contributed by atoms with E-state index in [1.54, 1.807) is 0 Å². The van der Waals surface area contributed by atoms with E-state index in [0.29, 0.717) is 50.8 Å². The van der Waals surface area contributed by atoms with Crippen LogP contribution < -0.4 is 0 Å². The second-order valence-corrected chi connectivity index (χ2v) is 19.8. The fourth-order valence-corrected chi connectivity index (χ4v) is 8.58. The van der Waals surface area contributed by atoms with Crippen molar-refractivity contribution in [2.75, 3.05) is 46.2 Å². The van der Waals surface area contributed by atoms with E-state index < -0.39 is 47.9 Å². The molecule has 1 amide bonds. The minimum Gasteiger partial charge on any atom is -0.0621 e. The fourth-order valence-electron chi connectivity index (χ4n) is 8.58. The van der Waals surface area contributed by atoms with Crippen LogP contribution in [0.15, 0.2) is 0 Å². The number of ether oxygens (including phenoxy) is 7. The molecule has 0 spiro atoms. The monoisotopic (exact) mass is 1060 g/mol. The maximum absolute atomic E-state index is 13.5. The van der Waals surface area contributed by atoms with Crippen LogP contribution in [0.1, 0.15) is 274 Å². The van der Waals surface area contributed by atoms with Gasteiger partial charge in [0.2, 0.25) is 0 Å². The molecule has 1 fully saturated rings. The number of carbonyl (C=O) groups excluding carboxylic acids is 6. The summed E-state index contributed by atoms with van der Waals surface area (Å²) in [7, 11) is 6.23. The van der Waals surface area contributed by atoms with Crippen LogP contribution in [-0.4, -0.2) is 112 Å². The zero-order valence-electron chi connectivity index (χ0n) is 49.4. The SMILES string of the molecule is CC.CC.[B]=C(CCCCCCCC)OCC(COC(=O)CCCCCCCC)CC(=O)OCC1CCC(COC(=O)CC(COC(=O)CCCCCCCC)CC(=O)OCCCCCCCC)N1C(=O)OCCC. The van der Waals surface area contributed by atoms with E-state index in [4.69, 9.17) is 40.6 Å². The van der Waals surface area contributed by atoms with Gasteiger partial charge in [-0.25, -0.2) is 0 Å². The van der Waals surface area contributed by atoms with Crippen molar-refractivity contribution in [2.24, 2.45) is 11.8 Å². The standard InChI is InChI=1S/C56H99BNO13.2C2H6/c1-6-11-15-19-23-27-31-50(57)67-42-47(43-69-52(60)33-29-25-21-17-13-8-3)40-55(63)71-45-49-35-34-48(58(49)56(64)66-36-10-5)44-70-54(62)39-46(38-53(61)65-37-30-26-22-18-14-9-4)41-68-51(59)32-28-24-20-16-12-7-2;2*1-2/h46-49H,6-45H2,1-5H3;2*1-2H3. The molecule has 4 unspecified atom stereocenters. The molecule has 1 aliphatic rings. The second kappa shape index (κ2) is 53.7. The van der Waals surface area contributed by atoms with E-state index in [1.165, 1.54) is 43.4 Å². The molecule has 0 aromatic heterocycles. The van der Waals surface area contributed by atoms with Crippen molar-refractivity contribution in [1.29, 1.82) is 0 Å². The zero-order valence-corrected chi connectivity index (χ0v) is 49.4. The van der Waals surface area contributed by atoms with Gasteiger partial charge >= 0.3 is 235 Å². The molecule has 14 nitrogen and oxygen atoms in total. The van der Waals surface area contributed by atoms with Gasteiger partial charge in [0.15, 0.2) is 0 Å². The first-order valence-corrected chi connectivity index (χ1v) is 30.4. The first kappa shape index (κ1) is 73.4. The first-order chi connectivity index (χ1) is 36.5. The van der Waals surface area contributed by atoms with E-state index in [1.807, 2.05) is 34.6 Å². The van der Waals surface area contributed by atoms with Crippen molar-refractivity contribution >= 4 is 49.1 Å². The molecule has 1 aliphatic heterocycles. The number of rotatable bonds is 47. The topological polar surface area (TPSA) is 170 Å². The summed E-state index contributed by atoms with van der Waals surface area (Å²) in [5.74, 6) is -3.45. The zero-order chi connectivity index (χ0) is 56.2. The Kier molecular flexibility index (Phi) is 52.6. The summed E-state index contributed by atoms with van der Waals surface area (Å²) in [6.07, 6.45) is 27.1. The Balaban J connectivity index is 0. The van der Waals surface area contributed by atoms with E-state index in [-0.39, 0.29) is 77.3 Å². The molecular formula is C60H111BNO13. The number of likely N-dealkylation sites (tertiary alicyclic amines) is 1. The van der Waals surface area contributed by atoms with Crippen molar-refractivity contribution in [3.63, 3.8) is 0 Å². The average molecular weight is 1070 g/mol. The van der Waals surface area contributed by atoms with Gasteiger partial charge in [-0.2, -0.15) is 0 Å². The molecule has 15 heteroatoms. The van der Waals surface area contributed by atoms with Crippen LogP contribution in [0, 0.1) is 11.8 Å². The van der Waals surface area contributed by atoms with Crippen LogP contribution in [0.2, 0.25) is 0 Å². The Bertz CT molecular complexity index is 1400. The quantitative estimate of drug-likeness (QED) is 0.0244. The summed E-state index contributed by atoms with van der Waals surface area (Å²) in [5.41, 5.74) is 0.385. The van der Waals surface area contributed by atoms with Gasteiger partial charge in [-0.1, -0.05) is 132 Å². The molecule has 0 aromatic carbocycles. The smallest absolute Gasteiger partial charge is 0.0621 e. The minimum absolute atomic E-state index is 0.0245. The van der Waals surface area contributed by atoms with Crippen molar-refractivity contribution in [3.05, 3.63) is 0 Å².